The first-order valence-electron chi connectivity index (χ1n) is 7.34. The molecule has 0 bridgehead atoms. The summed E-state index contributed by atoms with van der Waals surface area (Å²) in [4.78, 5) is 16.5. The van der Waals surface area contributed by atoms with Gasteiger partial charge in [-0.25, -0.2) is 4.39 Å². The lowest BCUT2D eigenvalue weighted by molar-refractivity contribution is -0.138. The van der Waals surface area contributed by atoms with Crippen LogP contribution in [0, 0.1) is 11.7 Å². The number of piperidine rings is 1. The predicted octanol–water partition coefficient (Wildman–Crippen LogP) is 1.66. The maximum absolute atomic E-state index is 13.1. The quantitative estimate of drug-likeness (QED) is 0.918. The SMILES string of the molecule is CN(C)C(C(=O)N1CCC(CO)CC1)c1ccc(F)cc1. The van der Waals surface area contributed by atoms with Gasteiger partial charge in [0.2, 0.25) is 5.91 Å². The molecule has 1 aliphatic heterocycles. The third kappa shape index (κ3) is 3.80. The summed E-state index contributed by atoms with van der Waals surface area (Å²) in [6.45, 7) is 1.54. The van der Waals surface area contributed by atoms with E-state index < -0.39 is 6.04 Å². The maximum atomic E-state index is 13.1. The van der Waals surface area contributed by atoms with Crippen LogP contribution in [-0.4, -0.2) is 54.6 Å². The number of benzene rings is 1. The van der Waals surface area contributed by atoms with Crippen molar-refractivity contribution in [3.05, 3.63) is 35.6 Å². The van der Waals surface area contributed by atoms with Crippen LogP contribution >= 0.6 is 0 Å². The van der Waals surface area contributed by atoms with Gasteiger partial charge in [0, 0.05) is 19.7 Å². The number of aliphatic hydroxyl groups excluding tert-OH is 1. The fraction of sp³-hybridized carbons (Fsp3) is 0.562. The van der Waals surface area contributed by atoms with Crippen molar-refractivity contribution < 1.29 is 14.3 Å². The van der Waals surface area contributed by atoms with E-state index in [1.807, 2.05) is 23.9 Å². The van der Waals surface area contributed by atoms with Gasteiger partial charge in [-0.15, -0.1) is 0 Å². The third-order valence-corrected chi connectivity index (χ3v) is 4.12. The Morgan fingerprint density at radius 1 is 1.33 bits per heavy atom. The van der Waals surface area contributed by atoms with Gasteiger partial charge in [0.1, 0.15) is 11.9 Å². The molecule has 0 aliphatic carbocycles. The zero-order chi connectivity index (χ0) is 15.4. The van der Waals surface area contributed by atoms with E-state index in [1.54, 1.807) is 12.1 Å². The van der Waals surface area contributed by atoms with Crippen molar-refractivity contribution in [3.63, 3.8) is 0 Å². The van der Waals surface area contributed by atoms with Crippen molar-refractivity contribution >= 4 is 5.91 Å². The Morgan fingerprint density at radius 2 is 1.90 bits per heavy atom. The van der Waals surface area contributed by atoms with Crippen molar-refractivity contribution in [2.24, 2.45) is 5.92 Å². The summed E-state index contributed by atoms with van der Waals surface area (Å²) in [6, 6.07) is 5.71. The van der Waals surface area contributed by atoms with Gasteiger partial charge in [0.25, 0.3) is 0 Å². The van der Waals surface area contributed by atoms with Gasteiger partial charge in [-0.2, -0.15) is 0 Å². The first kappa shape index (κ1) is 15.9. The van der Waals surface area contributed by atoms with E-state index in [2.05, 4.69) is 0 Å². The Hall–Kier alpha value is -1.46. The van der Waals surface area contributed by atoms with Gasteiger partial charge in [-0.3, -0.25) is 9.69 Å². The van der Waals surface area contributed by atoms with E-state index in [0.717, 1.165) is 18.4 Å². The zero-order valence-corrected chi connectivity index (χ0v) is 12.6. The van der Waals surface area contributed by atoms with Gasteiger partial charge >= 0.3 is 0 Å². The fourth-order valence-electron chi connectivity index (χ4n) is 2.82. The smallest absolute Gasteiger partial charge is 0.244 e. The molecule has 0 radical (unpaired) electrons. The molecule has 1 heterocycles. The average Bonchev–Trinajstić information content (AvgIpc) is 2.49. The molecule has 2 rings (SSSR count). The minimum atomic E-state index is -0.392. The van der Waals surface area contributed by atoms with Gasteiger partial charge < -0.3 is 10.0 Å². The van der Waals surface area contributed by atoms with Crippen molar-refractivity contribution in [1.29, 1.82) is 0 Å². The Morgan fingerprint density at radius 3 is 2.38 bits per heavy atom. The third-order valence-electron chi connectivity index (χ3n) is 4.12. The molecule has 5 heteroatoms. The van der Waals surface area contributed by atoms with Gasteiger partial charge in [-0.1, -0.05) is 12.1 Å². The number of likely N-dealkylation sites (N-methyl/N-ethyl adjacent to an activating group) is 1. The van der Waals surface area contributed by atoms with E-state index in [4.69, 9.17) is 0 Å². The number of nitrogens with zero attached hydrogens (tertiary/aromatic N) is 2. The van der Waals surface area contributed by atoms with Gasteiger partial charge in [0.05, 0.1) is 0 Å². The Kier molecular flexibility index (Phi) is 5.31. The number of halogens is 1. The molecule has 21 heavy (non-hydrogen) atoms. The van der Waals surface area contributed by atoms with Crippen LogP contribution in [0.5, 0.6) is 0 Å². The number of carbonyl (C=O) groups is 1. The molecule has 1 atom stereocenters. The molecular formula is C16H23FN2O2. The molecule has 1 aromatic carbocycles. The second-order valence-electron chi connectivity index (χ2n) is 5.87. The second-order valence-corrected chi connectivity index (χ2v) is 5.87. The molecule has 4 nitrogen and oxygen atoms in total. The summed E-state index contributed by atoms with van der Waals surface area (Å²) < 4.78 is 13.1. The lowest BCUT2D eigenvalue weighted by atomic mass is 9.96. The molecule has 1 fully saturated rings. The van der Waals surface area contributed by atoms with Crippen molar-refractivity contribution in [2.45, 2.75) is 18.9 Å². The van der Waals surface area contributed by atoms with E-state index in [-0.39, 0.29) is 18.3 Å². The van der Waals surface area contributed by atoms with Gasteiger partial charge in [-0.05, 0) is 50.6 Å². The second kappa shape index (κ2) is 7.00. The predicted molar refractivity (Wildman–Crippen MR) is 79.2 cm³/mol. The van der Waals surface area contributed by atoms with Crippen LogP contribution in [0.1, 0.15) is 24.4 Å². The largest absolute Gasteiger partial charge is 0.396 e. The highest BCUT2D eigenvalue weighted by atomic mass is 19.1. The van der Waals surface area contributed by atoms with Crippen LogP contribution in [0.4, 0.5) is 4.39 Å². The van der Waals surface area contributed by atoms with Crippen molar-refractivity contribution in [2.75, 3.05) is 33.8 Å². The highest BCUT2D eigenvalue weighted by Gasteiger charge is 2.30. The number of amides is 1. The molecule has 1 saturated heterocycles. The van der Waals surface area contributed by atoms with E-state index >= 15 is 0 Å². The number of hydrogen-bond acceptors (Lipinski definition) is 3. The molecule has 1 aliphatic rings. The normalized spacial score (nSPS) is 18.0. The summed E-state index contributed by atoms with van der Waals surface area (Å²) in [5, 5.41) is 9.17. The summed E-state index contributed by atoms with van der Waals surface area (Å²) >= 11 is 0. The molecule has 0 aromatic heterocycles. The molecule has 1 aromatic rings. The van der Waals surface area contributed by atoms with Gasteiger partial charge in [0.15, 0.2) is 0 Å². The first-order chi connectivity index (χ1) is 10.0. The van der Waals surface area contributed by atoms with Crippen LogP contribution in [-0.2, 0) is 4.79 Å². The molecule has 0 saturated carbocycles. The highest BCUT2D eigenvalue weighted by molar-refractivity contribution is 5.83. The highest BCUT2D eigenvalue weighted by Crippen LogP contribution is 2.24. The van der Waals surface area contributed by atoms with E-state index in [0.29, 0.717) is 19.0 Å². The summed E-state index contributed by atoms with van der Waals surface area (Å²) in [5.41, 5.74) is 0.802. The Balaban J connectivity index is 2.11. The van der Waals surface area contributed by atoms with Crippen LogP contribution in [0.25, 0.3) is 0 Å². The summed E-state index contributed by atoms with van der Waals surface area (Å²) in [7, 11) is 3.71. The van der Waals surface area contributed by atoms with Crippen molar-refractivity contribution in [1.82, 2.24) is 9.80 Å². The topological polar surface area (TPSA) is 43.8 Å². The van der Waals surface area contributed by atoms with Crippen molar-refractivity contribution in [3.8, 4) is 0 Å². The number of hydrogen-bond donors (Lipinski definition) is 1. The number of carbonyl (C=O) groups excluding carboxylic acids is 1. The lowest BCUT2D eigenvalue weighted by Crippen LogP contribution is -2.44. The maximum Gasteiger partial charge on any atom is 0.244 e. The molecule has 1 unspecified atom stereocenters. The molecule has 1 amide bonds. The van der Waals surface area contributed by atoms with E-state index in [9.17, 15) is 14.3 Å². The lowest BCUT2D eigenvalue weighted by Gasteiger charge is -2.35. The van der Waals surface area contributed by atoms with Crippen LogP contribution in [0.15, 0.2) is 24.3 Å². The standard InChI is InChI=1S/C16H23FN2O2/c1-18(2)15(13-3-5-14(17)6-4-13)16(21)19-9-7-12(11-20)8-10-19/h3-6,12,15,20H,7-11H2,1-2H3. The minimum Gasteiger partial charge on any atom is -0.396 e. The molecule has 1 N–H and O–H groups in total. The molecular weight excluding hydrogens is 271 g/mol. The number of rotatable bonds is 4. The molecule has 116 valence electrons. The van der Waals surface area contributed by atoms with E-state index in [1.165, 1.54) is 12.1 Å². The average molecular weight is 294 g/mol. The van der Waals surface area contributed by atoms with Crippen LogP contribution in [0.2, 0.25) is 0 Å². The summed E-state index contributed by atoms with van der Waals surface area (Å²) in [6.07, 6.45) is 1.68. The zero-order valence-electron chi connectivity index (χ0n) is 12.6. The Bertz CT molecular complexity index is 468. The van der Waals surface area contributed by atoms with Crippen LogP contribution < -0.4 is 0 Å². The number of likely N-dealkylation sites (tertiary alicyclic amines) is 1. The number of aliphatic hydroxyl groups is 1. The van der Waals surface area contributed by atoms with Crippen LogP contribution in [0.3, 0.4) is 0 Å². The Labute approximate surface area is 125 Å². The minimum absolute atomic E-state index is 0.0444. The fourth-order valence-corrected chi connectivity index (χ4v) is 2.82. The molecule has 0 spiro atoms. The first-order valence-corrected chi connectivity index (χ1v) is 7.34. The monoisotopic (exact) mass is 294 g/mol. The summed E-state index contributed by atoms with van der Waals surface area (Å²) in [5.74, 6) is 0.0492.